The largest absolute Gasteiger partial charge is 0.480 e. The monoisotopic (exact) mass is 374 g/mol. The molecule has 1 saturated carbocycles. The Balaban J connectivity index is 1.79. The van der Waals surface area contributed by atoms with Gasteiger partial charge in [-0.3, -0.25) is 0 Å². The van der Waals surface area contributed by atoms with Gasteiger partial charge in [0, 0.05) is 11.9 Å². The van der Waals surface area contributed by atoms with Crippen LogP contribution < -0.4 is 5.32 Å². The second-order valence-corrected chi connectivity index (χ2v) is 7.75. The molecule has 1 aliphatic carbocycles. The van der Waals surface area contributed by atoms with Gasteiger partial charge in [0.25, 0.3) is 0 Å². The van der Waals surface area contributed by atoms with Gasteiger partial charge in [0.15, 0.2) is 0 Å². The summed E-state index contributed by atoms with van der Waals surface area (Å²) in [4.78, 5) is 15.4. The van der Waals surface area contributed by atoms with Crippen LogP contribution in [0.15, 0.2) is 9.98 Å². The van der Waals surface area contributed by atoms with E-state index in [0.29, 0.717) is 5.41 Å². The van der Waals surface area contributed by atoms with Gasteiger partial charge in [-0.15, -0.1) is 11.3 Å². The highest BCUT2D eigenvalue weighted by molar-refractivity contribution is 9.10. The first-order chi connectivity index (χ1) is 10.0. The maximum absolute atomic E-state index is 10.9. The predicted molar refractivity (Wildman–Crippen MR) is 83.5 cm³/mol. The maximum atomic E-state index is 10.9. The summed E-state index contributed by atoms with van der Waals surface area (Å²) in [5.41, 5.74) is -0.145. The number of hydrogen-bond acceptors (Lipinski definition) is 5. The summed E-state index contributed by atoms with van der Waals surface area (Å²) < 4.78 is 6.64. The maximum Gasteiger partial charge on any atom is 0.329 e. The van der Waals surface area contributed by atoms with E-state index in [-0.39, 0.29) is 6.61 Å². The normalized spacial score (nSPS) is 32.6. The number of carboxylic acid groups (broad SMARTS) is 1. The van der Waals surface area contributed by atoms with Crippen molar-refractivity contribution in [3.05, 3.63) is 15.0 Å². The topological polar surface area (TPSA) is 71.5 Å². The van der Waals surface area contributed by atoms with Crippen LogP contribution in [0.4, 0.5) is 0 Å². The van der Waals surface area contributed by atoms with Crippen molar-refractivity contribution in [2.45, 2.75) is 37.7 Å². The summed E-state index contributed by atoms with van der Waals surface area (Å²) in [7, 11) is 0. The second-order valence-electron chi connectivity index (χ2n) is 6.08. The zero-order valence-corrected chi connectivity index (χ0v) is 14.1. The SMILES string of the molecule is O=C(O)COC1(c2nc(Br)cs2)CCC2(CCNC2)CC1. The van der Waals surface area contributed by atoms with E-state index in [0.717, 1.165) is 48.4 Å². The molecule has 0 unspecified atom stereocenters. The number of thiazole rings is 1. The van der Waals surface area contributed by atoms with Gasteiger partial charge in [0.05, 0.1) is 0 Å². The van der Waals surface area contributed by atoms with Gasteiger partial charge in [-0.05, 0) is 60.0 Å². The van der Waals surface area contributed by atoms with Crippen LogP contribution in [-0.4, -0.2) is 35.8 Å². The van der Waals surface area contributed by atoms with Crippen molar-refractivity contribution in [1.29, 1.82) is 0 Å². The number of nitrogens with one attached hydrogen (secondary N) is 1. The summed E-state index contributed by atoms with van der Waals surface area (Å²) in [5, 5.41) is 15.2. The van der Waals surface area contributed by atoms with Gasteiger partial charge in [0.2, 0.25) is 0 Å². The molecule has 2 fully saturated rings. The van der Waals surface area contributed by atoms with Crippen LogP contribution >= 0.6 is 27.3 Å². The summed E-state index contributed by atoms with van der Waals surface area (Å²) >= 11 is 4.93. The smallest absolute Gasteiger partial charge is 0.329 e. The molecule has 0 radical (unpaired) electrons. The van der Waals surface area contributed by atoms with Crippen LogP contribution in [0.25, 0.3) is 0 Å². The van der Waals surface area contributed by atoms with Crippen molar-refractivity contribution in [3.8, 4) is 0 Å². The van der Waals surface area contributed by atoms with Gasteiger partial charge < -0.3 is 15.2 Å². The Bertz CT molecular complexity index is 518. The highest BCUT2D eigenvalue weighted by Gasteiger charge is 2.47. The fourth-order valence-corrected chi connectivity index (χ4v) is 4.96. The van der Waals surface area contributed by atoms with Crippen LogP contribution in [0.3, 0.4) is 0 Å². The number of aliphatic carboxylic acids is 1. The van der Waals surface area contributed by atoms with Crippen molar-refractivity contribution in [2.24, 2.45) is 5.41 Å². The number of halogens is 1. The molecule has 2 N–H and O–H groups in total. The first-order valence-electron chi connectivity index (χ1n) is 7.22. The summed E-state index contributed by atoms with van der Waals surface area (Å²) in [5.74, 6) is -0.923. The predicted octanol–water partition coefficient (Wildman–Crippen LogP) is 2.76. The summed E-state index contributed by atoms with van der Waals surface area (Å²) in [6, 6.07) is 0. The minimum Gasteiger partial charge on any atom is -0.480 e. The Morgan fingerprint density at radius 1 is 1.43 bits per heavy atom. The van der Waals surface area contributed by atoms with E-state index in [1.807, 2.05) is 5.38 Å². The van der Waals surface area contributed by atoms with Crippen LogP contribution in [-0.2, 0) is 15.1 Å². The Morgan fingerprint density at radius 2 is 2.19 bits per heavy atom. The number of nitrogens with zero attached hydrogens (tertiary/aromatic N) is 1. The summed E-state index contributed by atoms with van der Waals surface area (Å²) in [6.45, 7) is 1.90. The quantitative estimate of drug-likeness (QED) is 0.847. The van der Waals surface area contributed by atoms with Crippen LogP contribution in [0.2, 0.25) is 0 Å². The minimum atomic E-state index is -0.923. The molecular formula is C14H19BrN2O3S. The van der Waals surface area contributed by atoms with Crippen molar-refractivity contribution < 1.29 is 14.6 Å². The molecule has 1 aliphatic heterocycles. The van der Waals surface area contributed by atoms with Crippen LogP contribution in [0.5, 0.6) is 0 Å². The number of aromatic nitrogens is 1. The molecule has 116 valence electrons. The van der Waals surface area contributed by atoms with Gasteiger partial charge in [0.1, 0.15) is 21.8 Å². The number of hydrogen-bond donors (Lipinski definition) is 2. The van der Waals surface area contributed by atoms with E-state index in [1.165, 1.54) is 6.42 Å². The van der Waals surface area contributed by atoms with Gasteiger partial charge in [-0.1, -0.05) is 0 Å². The van der Waals surface area contributed by atoms with E-state index in [4.69, 9.17) is 9.84 Å². The molecule has 2 heterocycles. The molecule has 3 rings (SSSR count). The molecule has 1 aromatic heterocycles. The molecule has 1 spiro atoms. The lowest BCUT2D eigenvalue weighted by molar-refractivity contribution is -0.156. The molecule has 1 saturated heterocycles. The average molecular weight is 375 g/mol. The highest BCUT2D eigenvalue weighted by atomic mass is 79.9. The second kappa shape index (κ2) is 5.95. The minimum absolute atomic E-state index is 0.261. The molecule has 0 bridgehead atoms. The van der Waals surface area contributed by atoms with E-state index in [2.05, 4.69) is 26.2 Å². The molecule has 0 amide bonds. The zero-order chi connectivity index (χ0) is 14.9. The van der Waals surface area contributed by atoms with E-state index in [1.54, 1.807) is 11.3 Å². The molecule has 7 heteroatoms. The molecule has 0 aromatic carbocycles. The lowest BCUT2D eigenvalue weighted by Crippen LogP contribution is -2.41. The van der Waals surface area contributed by atoms with E-state index in [9.17, 15) is 4.79 Å². The van der Waals surface area contributed by atoms with Gasteiger partial charge >= 0.3 is 5.97 Å². The number of ether oxygens (including phenoxy) is 1. The number of rotatable bonds is 4. The third-order valence-electron chi connectivity index (χ3n) is 4.79. The zero-order valence-electron chi connectivity index (χ0n) is 11.7. The van der Waals surface area contributed by atoms with Crippen molar-refractivity contribution in [3.63, 3.8) is 0 Å². The summed E-state index contributed by atoms with van der Waals surface area (Å²) in [6.07, 6.45) is 5.04. The average Bonchev–Trinajstić information content (AvgIpc) is 3.09. The van der Waals surface area contributed by atoms with Gasteiger partial charge in [-0.2, -0.15) is 0 Å². The van der Waals surface area contributed by atoms with Crippen molar-refractivity contribution in [1.82, 2.24) is 10.3 Å². The Morgan fingerprint density at radius 3 is 2.71 bits per heavy atom. The molecule has 1 aromatic rings. The molecule has 21 heavy (non-hydrogen) atoms. The van der Waals surface area contributed by atoms with Gasteiger partial charge in [-0.25, -0.2) is 9.78 Å². The van der Waals surface area contributed by atoms with Crippen LogP contribution in [0, 0.1) is 5.41 Å². The standard InChI is InChI=1S/C14H19BrN2O3S/c15-10-8-21-12(17-10)14(20-7-11(18)19)3-1-13(2-4-14)5-6-16-9-13/h8,16H,1-7,9H2,(H,18,19). The fraction of sp³-hybridized carbons (Fsp3) is 0.714. The molecular weight excluding hydrogens is 356 g/mol. The number of carboxylic acids is 1. The lowest BCUT2D eigenvalue weighted by atomic mass is 9.68. The Hall–Kier alpha value is -0.500. The third-order valence-corrected chi connectivity index (χ3v) is 6.53. The molecule has 0 atom stereocenters. The first kappa shape index (κ1) is 15.4. The number of carbonyl (C=O) groups is 1. The lowest BCUT2D eigenvalue weighted by Gasteiger charge is -2.43. The Kier molecular flexibility index (Phi) is 4.36. The van der Waals surface area contributed by atoms with E-state index < -0.39 is 11.6 Å². The third kappa shape index (κ3) is 3.16. The first-order valence-corrected chi connectivity index (χ1v) is 8.89. The molecule has 5 nitrogen and oxygen atoms in total. The highest BCUT2D eigenvalue weighted by Crippen LogP contribution is 2.50. The van der Waals surface area contributed by atoms with Crippen molar-refractivity contribution in [2.75, 3.05) is 19.7 Å². The van der Waals surface area contributed by atoms with Crippen molar-refractivity contribution >= 4 is 33.2 Å². The van der Waals surface area contributed by atoms with E-state index >= 15 is 0 Å². The van der Waals surface area contributed by atoms with Crippen LogP contribution in [0.1, 0.15) is 37.1 Å². The Labute approximate surface area is 136 Å². The fourth-order valence-electron chi connectivity index (χ4n) is 3.49. The molecule has 2 aliphatic rings.